The molecule has 0 N–H and O–H groups in total. The van der Waals surface area contributed by atoms with Crippen LogP contribution >= 0.6 is 0 Å². The van der Waals surface area contributed by atoms with Crippen LogP contribution in [0, 0.1) is 31.1 Å². The first kappa shape index (κ1) is 15.4. The molecule has 0 spiro atoms. The number of ketones is 1. The van der Waals surface area contributed by atoms with Gasteiger partial charge in [-0.25, -0.2) is 0 Å². The lowest BCUT2D eigenvalue weighted by molar-refractivity contribution is 0.0862. The van der Waals surface area contributed by atoms with E-state index >= 15 is 0 Å². The van der Waals surface area contributed by atoms with Crippen LogP contribution in [0.15, 0.2) is 18.2 Å². The van der Waals surface area contributed by atoms with Crippen LogP contribution in [0.2, 0.25) is 0 Å². The molecule has 0 bridgehead atoms. The molecule has 1 aromatic carbocycles. The number of likely N-dealkylation sites (N-methyl/N-ethyl adjacent to an activating group) is 1. The first-order chi connectivity index (χ1) is 8.86. The van der Waals surface area contributed by atoms with Crippen LogP contribution < -0.4 is 0 Å². The van der Waals surface area contributed by atoms with Crippen LogP contribution in [0.3, 0.4) is 0 Å². The molecule has 0 saturated carbocycles. The molecule has 0 aliphatic rings. The van der Waals surface area contributed by atoms with Crippen molar-refractivity contribution in [2.45, 2.75) is 33.7 Å². The SMILES string of the molecule is Cc1ccc(C(=O)C(C)N(C)CC(C)C#N)cc1C. The lowest BCUT2D eigenvalue weighted by Crippen LogP contribution is -2.38. The predicted octanol–water partition coefficient (Wildman–Crippen LogP) is 2.97. The van der Waals surface area contributed by atoms with Crippen molar-refractivity contribution in [2.24, 2.45) is 5.92 Å². The maximum absolute atomic E-state index is 12.4. The summed E-state index contributed by atoms with van der Waals surface area (Å²) in [5.41, 5.74) is 3.06. The summed E-state index contributed by atoms with van der Waals surface area (Å²) in [5.74, 6) is 0.0377. The van der Waals surface area contributed by atoms with E-state index in [0.717, 1.165) is 11.1 Å². The summed E-state index contributed by atoms with van der Waals surface area (Å²) in [6, 6.07) is 7.78. The topological polar surface area (TPSA) is 44.1 Å². The highest BCUT2D eigenvalue weighted by Gasteiger charge is 2.21. The predicted molar refractivity (Wildman–Crippen MR) is 77.1 cm³/mol. The number of carbonyl (C=O) groups is 1. The van der Waals surface area contributed by atoms with Crippen molar-refractivity contribution in [2.75, 3.05) is 13.6 Å². The number of nitriles is 1. The Morgan fingerprint density at radius 1 is 1.32 bits per heavy atom. The van der Waals surface area contributed by atoms with Gasteiger partial charge in [-0.05, 0) is 51.9 Å². The molecule has 0 saturated heterocycles. The first-order valence-corrected chi connectivity index (χ1v) is 6.58. The fraction of sp³-hybridized carbons (Fsp3) is 0.500. The summed E-state index contributed by atoms with van der Waals surface area (Å²) in [7, 11) is 1.89. The minimum atomic E-state index is -0.210. The Hall–Kier alpha value is -1.66. The third-order valence-corrected chi connectivity index (χ3v) is 3.61. The fourth-order valence-electron chi connectivity index (χ4n) is 1.97. The van der Waals surface area contributed by atoms with Crippen LogP contribution in [0.25, 0.3) is 0 Å². The van der Waals surface area contributed by atoms with Gasteiger partial charge in [-0.3, -0.25) is 9.69 Å². The fourth-order valence-corrected chi connectivity index (χ4v) is 1.97. The van der Waals surface area contributed by atoms with E-state index in [1.54, 1.807) is 0 Å². The normalized spacial score (nSPS) is 13.9. The molecule has 0 radical (unpaired) electrons. The van der Waals surface area contributed by atoms with E-state index in [9.17, 15) is 4.79 Å². The van der Waals surface area contributed by atoms with Crippen LogP contribution in [-0.4, -0.2) is 30.3 Å². The maximum Gasteiger partial charge on any atom is 0.179 e. The summed E-state index contributed by atoms with van der Waals surface area (Å²) in [6.07, 6.45) is 0. The summed E-state index contributed by atoms with van der Waals surface area (Å²) in [5, 5.41) is 8.83. The van der Waals surface area contributed by atoms with E-state index < -0.39 is 0 Å². The number of nitrogens with zero attached hydrogens (tertiary/aromatic N) is 2. The van der Waals surface area contributed by atoms with Gasteiger partial charge in [0.2, 0.25) is 0 Å². The van der Waals surface area contributed by atoms with Crippen molar-refractivity contribution in [3.05, 3.63) is 34.9 Å². The standard InChI is InChI=1S/C16H22N2O/c1-11(9-17)10-18(5)14(4)16(19)15-7-6-12(2)13(3)8-15/h6-8,11,14H,10H2,1-5H3. The van der Waals surface area contributed by atoms with E-state index in [0.29, 0.717) is 6.54 Å². The summed E-state index contributed by atoms with van der Waals surface area (Å²) in [4.78, 5) is 14.3. The number of aryl methyl sites for hydroxylation is 2. The third-order valence-electron chi connectivity index (χ3n) is 3.61. The molecule has 0 amide bonds. The molecule has 19 heavy (non-hydrogen) atoms. The van der Waals surface area contributed by atoms with E-state index in [-0.39, 0.29) is 17.7 Å². The van der Waals surface area contributed by atoms with Gasteiger partial charge in [0.25, 0.3) is 0 Å². The molecule has 1 aromatic rings. The van der Waals surface area contributed by atoms with Gasteiger partial charge in [-0.1, -0.05) is 12.1 Å². The molecule has 2 unspecified atom stereocenters. The number of hydrogen-bond acceptors (Lipinski definition) is 3. The highest BCUT2D eigenvalue weighted by Crippen LogP contribution is 2.14. The van der Waals surface area contributed by atoms with Crippen LogP contribution in [0.1, 0.15) is 35.3 Å². The second-order valence-corrected chi connectivity index (χ2v) is 5.31. The van der Waals surface area contributed by atoms with Gasteiger partial charge in [0, 0.05) is 12.1 Å². The maximum atomic E-state index is 12.4. The summed E-state index contributed by atoms with van der Waals surface area (Å²) in [6.45, 7) is 8.41. The Kier molecular flexibility index (Phi) is 5.26. The first-order valence-electron chi connectivity index (χ1n) is 6.58. The van der Waals surface area contributed by atoms with Crippen molar-refractivity contribution >= 4 is 5.78 Å². The van der Waals surface area contributed by atoms with Gasteiger partial charge >= 0.3 is 0 Å². The van der Waals surface area contributed by atoms with E-state index in [4.69, 9.17) is 5.26 Å². The smallest absolute Gasteiger partial charge is 0.179 e. The van der Waals surface area contributed by atoms with Crippen molar-refractivity contribution in [3.63, 3.8) is 0 Å². The Morgan fingerprint density at radius 2 is 1.95 bits per heavy atom. The van der Waals surface area contributed by atoms with Crippen molar-refractivity contribution in [1.29, 1.82) is 5.26 Å². The largest absolute Gasteiger partial charge is 0.295 e. The molecule has 1 rings (SSSR count). The Bertz CT molecular complexity index is 502. The number of carbonyl (C=O) groups excluding carboxylic acids is 1. The quantitative estimate of drug-likeness (QED) is 0.763. The minimum Gasteiger partial charge on any atom is -0.295 e. The molecular weight excluding hydrogens is 236 g/mol. The molecule has 0 aliphatic carbocycles. The zero-order valence-electron chi connectivity index (χ0n) is 12.4. The lowest BCUT2D eigenvalue weighted by atomic mass is 9.99. The highest BCUT2D eigenvalue weighted by molar-refractivity contribution is 6.00. The van der Waals surface area contributed by atoms with E-state index in [1.165, 1.54) is 5.56 Å². The summed E-state index contributed by atoms with van der Waals surface area (Å²) >= 11 is 0. The molecule has 3 nitrogen and oxygen atoms in total. The summed E-state index contributed by atoms with van der Waals surface area (Å²) < 4.78 is 0. The van der Waals surface area contributed by atoms with E-state index in [1.807, 2.05) is 57.8 Å². The van der Waals surface area contributed by atoms with Crippen LogP contribution in [0.5, 0.6) is 0 Å². The molecule has 0 fully saturated rings. The van der Waals surface area contributed by atoms with Crippen molar-refractivity contribution in [3.8, 4) is 6.07 Å². The second kappa shape index (κ2) is 6.49. The van der Waals surface area contributed by atoms with Crippen LogP contribution in [0.4, 0.5) is 0 Å². The van der Waals surface area contributed by atoms with Crippen LogP contribution in [-0.2, 0) is 0 Å². The second-order valence-electron chi connectivity index (χ2n) is 5.31. The minimum absolute atomic E-state index is 0.0694. The molecule has 102 valence electrons. The lowest BCUT2D eigenvalue weighted by Gasteiger charge is -2.24. The molecule has 0 aliphatic heterocycles. The van der Waals surface area contributed by atoms with Gasteiger partial charge in [0.1, 0.15) is 0 Å². The van der Waals surface area contributed by atoms with Crippen molar-refractivity contribution in [1.82, 2.24) is 4.90 Å². The molecule has 0 aromatic heterocycles. The number of hydrogen-bond donors (Lipinski definition) is 0. The molecule has 0 heterocycles. The third kappa shape index (κ3) is 3.90. The van der Waals surface area contributed by atoms with Gasteiger partial charge in [-0.2, -0.15) is 5.26 Å². The average molecular weight is 258 g/mol. The Balaban J connectivity index is 2.82. The molecule has 2 atom stereocenters. The number of Topliss-reactive ketones (excluding diaryl/α,β-unsaturated/α-hetero) is 1. The monoisotopic (exact) mass is 258 g/mol. The van der Waals surface area contributed by atoms with Gasteiger partial charge in [0.05, 0.1) is 18.0 Å². The van der Waals surface area contributed by atoms with E-state index in [2.05, 4.69) is 6.07 Å². The van der Waals surface area contributed by atoms with Gasteiger partial charge in [0.15, 0.2) is 5.78 Å². The van der Waals surface area contributed by atoms with Gasteiger partial charge < -0.3 is 0 Å². The highest BCUT2D eigenvalue weighted by atomic mass is 16.1. The number of benzene rings is 1. The van der Waals surface area contributed by atoms with Crippen molar-refractivity contribution < 1.29 is 4.79 Å². The zero-order chi connectivity index (χ0) is 14.6. The molecular formula is C16H22N2O. The number of rotatable bonds is 5. The molecule has 3 heteroatoms. The Morgan fingerprint density at radius 3 is 2.47 bits per heavy atom. The van der Waals surface area contributed by atoms with Gasteiger partial charge in [-0.15, -0.1) is 0 Å². The average Bonchev–Trinajstić information content (AvgIpc) is 2.39. The Labute approximate surface area is 115 Å². The zero-order valence-corrected chi connectivity index (χ0v) is 12.4.